The summed E-state index contributed by atoms with van der Waals surface area (Å²) >= 11 is 1.73. The van der Waals surface area contributed by atoms with Crippen LogP contribution in [-0.2, 0) is 4.74 Å². The van der Waals surface area contributed by atoms with Crippen molar-refractivity contribution < 1.29 is 14.1 Å². The van der Waals surface area contributed by atoms with Gasteiger partial charge in [0.15, 0.2) is 0 Å². The van der Waals surface area contributed by atoms with Gasteiger partial charge in [0, 0.05) is 30.7 Å². The predicted molar refractivity (Wildman–Crippen MR) is 79.0 cm³/mol. The van der Waals surface area contributed by atoms with Crippen LogP contribution in [0.5, 0.6) is 0 Å². The van der Waals surface area contributed by atoms with Gasteiger partial charge in [-0.25, -0.2) is 4.39 Å². The first-order valence-electron chi connectivity index (χ1n) is 6.26. The molecule has 0 aromatic heterocycles. The Balaban J connectivity index is 1.87. The van der Waals surface area contributed by atoms with Crippen LogP contribution < -0.4 is 11.1 Å². The lowest BCUT2D eigenvalue weighted by Crippen LogP contribution is -2.65. The van der Waals surface area contributed by atoms with Crippen molar-refractivity contribution in [3.05, 3.63) is 31.6 Å². The first-order valence-corrected chi connectivity index (χ1v) is 7.34. The maximum Gasteiger partial charge on any atom is 0.293 e. The van der Waals surface area contributed by atoms with Gasteiger partial charge >= 0.3 is 0 Å². The molecule has 1 aliphatic heterocycles. The summed E-state index contributed by atoms with van der Waals surface area (Å²) in [6, 6.07) is 2.04. The highest BCUT2D eigenvalue weighted by Gasteiger charge is 2.52. The molecule has 3 rings (SSSR count). The van der Waals surface area contributed by atoms with Gasteiger partial charge in [-0.2, -0.15) is 0 Å². The minimum absolute atomic E-state index is 0.0352. The summed E-state index contributed by atoms with van der Waals surface area (Å²) in [4.78, 5) is 10.5. The summed E-state index contributed by atoms with van der Waals surface area (Å²) in [7, 11) is 0. The van der Waals surface area contributed by atoms with Crippen LogP contribution in [0, 0.1) is 25.4 Å². The number of nitro benzene ring substituents is 1. The highest BCUT2D eigenvalue weighted by atomic mass is 127. The van der Waals surface area contributed by atoms with E-state index in [0.717, 1.165) is 12.5 Å². The Bertz CT molecular complexity index is 571. The van der Waals surface area contributed by atoms with Gasteiger partial charge < -0.3 is 15.8 Å². The number of anilines is 1. The van der Waals surface area contributed by atoms with E-state index >= 15 is 0 Å². The topological polar surface area (TPSA) is 90.4 Å². The van der Waals surface area contributed by atoms with E-state index < -0.39 is 10.7 Å². The molecule has 0 spiro atoms. The minimum Gasteiger partial charge on any atom is -0.376 e. The molecule has 2 fully saturated rings. The Morgan fingerprint density at radius 3 is 3.00 bits per heavy atom. The molecule has 1 saturated carbocycles. The van der Waals surface area contributed by atoms with E-state index in [4.69, 9.17) is 10.5 Å². The summed E-state index contributed by atoms with van der Waals surface area (Å²) in [5.74, 6) is -0.198. The monoisotopic (exact) mass is 393 g/mol. The SMILES string of the molecule is NC1C2CCOC2C1Nc1cc(F)c(I)cc1[N+](=O)[O-]. The maximum absolute atomic E-state index is 13.6. The van der Waals surface area contributed by atoms with Crippen molar-refractivity contribution in [1.29, 1.82) is 0 Å². The molecule has 20 heavy (non-hydrogen) atoms. The van der Waals surface area contributed by atoms with Gasteiger partial charge in [-0.05, 0) is 29.0 Å². The third-order valence-electron chi connectivity index (χ3n) is 4.00. The second-order valence-corrected chi connectivity index (χ2v) is 6.24. The van der Waals surface area contributed by atoms with Crippen LogP contribution in [0.1, 0.15) is 6.42 Å². The van der Waals surface area contributed by atoms with Crippen molar-refractivity contribution in [3.63, 3.8) is 0 Å². The molecule has 0 bridgehead atoms. The Morgan fingerprint density at radius 2 is 2.30 bits per heavy atom. The quantitative estimate of drug-likeness (QED) is 0.465. The van der Waals surface area contributed by atoms with Gasteiger partial charge in [0.25, 0.3) is 5.69 Å². The fraction of sp³-hybridized carbons (Fsp3) is 0.500. The number of benzene rings is 1. The standard InChI is InChI=1S/C12H13FIN3O3/c13-6-3-8(9(17(18)19)4-7(6)14)16-11-10(15)5-1-2-20-12(5)11/h3-5,10-12,16H,1-2,15H2. The van der Waals surface area contributed by atoms with Crippen molar-refractivity contribution in [2.45, 2.75) is 24.6 Å². The number of hydrogen-bond donors (Lipinski definition) is 2. The summed E-state index contributed by atoms with van der Waals surface area (Å²) in [5.41, 5.74) is 6.05. The highest BCUT2D eigenvalue weighted by Crippen LogP contribution is 2.40. The van der Waals surface area contributed by atoms with E-state index in [1.807, 2.05) is 0 Å². The predicted octanol–water partition coefficient (Wildman–Crippen LogP) is 1.86. The number of nitrogens with zero attached hydrogens (tertiary/aromatic N) is 1. The van der Waals surface area contributed by atoms with E-state index in [1.165, 1.54) is 6.07 Å². The van der Waals surface area contributed by atoms with Gasteiger partial charge in [0.05, 0.1) is 20.6 Å². The van der Waals surface area contributed by atoms with Gasteiger partial charge in [-0.3, -0.25) is 10.1 Å². The lowest BCUT2D eigenvalue weighted by molar-refractivity contribution is -0.384. The fourth-order valence-corrected chi connectivity index (χ4v) is 3.36. The molecule has 2 aliphatic rings. The molecule has 4 atom stereocenters. The van der Waals surface area contributed by atoms with Crippen LogP contribution in [0.3, 0.4) is 0 Å². The van der Waals surface area contributed by atoms with Crippen LogP contribution in [0.2, 0.25) is 0 Å². The van der Waals surface area contributed by atoms with E-state index in [9.17, 15) is 14.5 Å². The molecule has 8 heteroatoms. The fourth-order valence-electron chi connectivity index (χ4n) is 2.91. The zero-order chi connectivity index (χ0) is 14.4. The smallest absolute Gasteiger partial charge is 0.293 e. The van der Waals surface area contributed by atoms with Crippen molar-refractivity contribution in [2.75, 3.05) is 11.9 Å². The third kappa shape index (κ3) is 2.15. The summed E-state index contributed by atoms with van der Waals surface area (Å²) < 4.78 is 19.4. The van der Waals surface area contributed by atoms with E-state index in [1.54, 1.807) is 22.6 Å². The number of rotatable bonds is 3. The third-order valence-corrected chi connectivity index (χ3v) is 4.83. The molecule has 108 valence electrons. The van der Waals surface area contributed by atoms with Crippen LogP contribution in [-0.4, -0.2) is 29.7 Å². The number of nitro groups is 1. The zero-order valence-electron chi connectivity index (χ0n) is 10.4. The number of halogens is 2. The van der Waals surface area contributed by atoms with E-state index in [2.05, 4.69) is 5.32 Å². The Morgan fingerprint density at radius 1 is 1.55 bits per heavy atom. The number of hydrogen-bond acceptors (Lipinski definition) is 5. The normalized spacial score (nSPS) is 31.6. The Labute approximate surface area is 128 Å². The van der Waals surface area contributed by atoms with Crippen molar-refractivity contribution >= 4 is 34.0 Å². The van der Waals surface area contributed by atoms with Crippen LogP contribution in [0.4, 0.5) is 15.8 Å². The van der Waals surface area contributed by atoms with Gasteiger partial charge in [0.2, 0.25) is 0 Å². The van der Waals surface area contributed by atoms with Crippen molar-refractivity contribution in [1.82, 2.24) is 0 Å². The van der Waals surface area contributed by atoms with Crippen LogP contribution in [0.25, 0.3) is 0 Å². The molecule has 1 heterocycles. The summed E-state index contributed by atoms with van der Waals surface area (Å²) in [6.45, 7) is 0.657. The summed E-state index contributed by atoms with van der Waals surface area (Å²) in [6.07, 6.45) is 0.875. The second kappa shape index (κ2) is 5.08. The lowest BCUT2D eigenvalue weighted by atomic mass is 9.72. The molecule has 1 saturated heterocycles. The second-order valence-electron chi connectivity index (χ2n) is 5.08. The highest BCUT2D eigenvalue weighted by molar-refractivity contribution is 14.1. The first kappa shape index (κ1) is 14.0. The Kier molecular flexibility index (Phi) is 3.55. The molecule has 1 aliphatic carbocycles. The molecule has 4 unspecified atom stereocenters. The largest absolute Gasteiger partial charge is 0.376 e. The molecule has 1 aromatic rings. The molecule has 0 radical (unpaired) electrons. The minimum atomic E-state index is -0.527. The Hall–Kier alpha value is -1.00. The molecular weight excluding hydrogens is 380 g/mol. The molecule has 3 N–H and O–H groups in total. The molecular formula is C12H13FIN3O3. The maximum atomic E-state index is 13.6. The average molecular weight is 393 g/mol. The van der Waals surface area contributed by atoms with Crippen molar-refractivity contribution in [3.8, 4) is 0 Å². The number of fused-ring (bicyclic) bond motifs is 1. The van der Waals surface area contributed by atoms with Gasteiger partial charge in [-0.1, -0.05) is 0 Å². The molecule has 0 amide bonds. The average Bonchev–Trinajstić information content (AvgIpc) is 2.83. The molecule has 1 aromatic carbocycles. The number of nitrogens with one attached hydrogen (secondary N) is 1. The molecule has 6 nitrogen and oxygen atoms in total. The van der Waals surface area contributed by atoms with E-state index in [0.29, 0.717) is 12.5 Å². The van der Waals surface area contributed by atoms with Crippen LogP contribution >= 0.6 is 22.6 Å². The van der Waals surface area contributed by atoms with Gasteiger partial charge in [0.1, 0.15) is 11.5 Å². The zero-order valence-corrected chi connectivity index (χ0v) is 12.5. The summed E-state index contributed by atoms with van der Waals surface area (Å²) in [5, 5.41) is 14.0. The van der Waals surface area contributed by atoms with Crippen molar-refractivity contribution in [2.24, 2.45) is 11.7 Å². The first-order chi connectivity index (χ1) is 9.49. The lowest BCUT2D eigenvalue weighted by Gasteiger charge is -2.46. The van der Waals surface area contributed by atoms with E-state index in [-0.39, 0.29) is 33.1 Å². The number of nitrogens with two attached hydrogens (primary N) is 1. The van der Waals surface area contributed by atoms with Crippen LogP contribution in [0.15, 0.2) is 12.1 Å². The van der Waals surface area contributed by atoms with Gasteiger partial charge in [-0.15, -0.1) is 0 Å². The number of ether oxygens (including phenoxy) is 1.